The van der Waals surface area contributed by atoms with E-state index in [-0.39, 0.29) is 0 Å². The van der Waals surface area contributed by atoms with Gasteiger partial charge in [-0.1, -0.05) is 18.2 Å². The Morgan fingerprint density at radius 2 is 0.853 bits per heavy atom. The molecule has 0 heterocycles. The number of rotatable bonds is 13. The summed E-state index contributed by atoms with van der Waals surface area (Å²) in [5.74, 6) is 0. The minimum absolute atomic E-state index is 0.879. The van der Waals surface area contributed by atoms with Gasteiger partial charge in [-0.25, -0.2) is 0 Å². The fourth-order valence-corrected chi connectivity index (χ4v) is 9.75. The monoisotopic (exact) mass is 541 g/mol. The van der Waals surface area contributed by atoms with Gasteiger partial charge in [-0.15, -0.1) is 0 Å². The number of halogens is 6. The maximum absolute atomic E-state index is 10.7. The Bertz CT molecular complexity index is 579. The molecule has 1 aromatic carbocycles. The van der Waals surface area contributed by atoms with E-state index in [1.54, 1.807) is 24.6 Å². The van der Waals surface area contributed by atoms with Crippen LogP contribution in [-0.4, -0.2) is 45.8 Å². The number of nitrogens with zero attached hydrogens (tertiary/aromatic N) is 1. The summed E-state index contributed by atoms with van der Waals surface area (Å²) in [6.45, 7) is 9.44. The Morgan fingerprint density at radius 1 is 0.588 bits per heavy atom. The molecule has 0 saturated heterocycles. The SMILES string of the molecule is CCCC[PH](CCCC)(CCCC)CCCC.C[N+](C)(C)c1ccccc1.F[P-](F)(F)(F)(F)F. The van der Waals surface area contributed by atoms with Crippen molar-refractivity contribution < 1.29 is 25.2 Å². The first-order valence-electron chi connectivity index (χ1n) is 12.7. The third-order valence-electron chi connectivity index (χ3n) is 5.77. The van der Waals surface area contributed by atoms with Crippen molar-refractivity contribution in [3.8, 4) is 0 Å². The van der Waals surface area contributed by atoms with Gasteiger partial charge in [0.05, 0.1) is 21.1 Å². The molecule has 0 bridgehead atoms. The van der Waals surface area contributed by atoms with E-state index in [1.165, 1.54) is 57.1 Å². The third-order valence-corrected chi connectivity index (χ3v) is 11.4. The predicted molar refractivity (Wildman–Crippen MR) is 147 cm³/mol. The average molecular weight is 542 g/mol. The van der Waals surface area contributed by atoms with Crippen molar-refractivity contribution in [1.29, 1.82) is 0 Å². The van der Waals surface area contributed by atoms with Gasteiger partial charge in [0.1, 0.15) is 5.69 Å². The summed E-state index contributed by atoms with van der Waals surface area (Å²) in [6.07, 6.45) is 18.1. The Labute approximate surface area is 205 Å². The molecule has 0 saturated carbocycles. The van der Waals surface area contributed by atoms with Gasteiger partial charge < -0.3 is 0 Å². The predicted octanol–water partition coefficient (Wildman–Crippen LogP) is 11.2. The van der Waals surface area contributed by atoms with Crippen molar-refractivity contribution in [3.63, 3.8) is 0 Å². The van der Waals surface area contributed by atoms with Crippen LogP contribution >= 0.6 is 15.1 Å². The van der Waals surface area contributed by atoms with Gasteiger partial charge in [-0.05, 0) is 12.1 Å². The number of hydrogen-bond donors (Lipinski definition) is 0. The van der Waals surface area contributed by atoms with Gasteiger partial charge in [0.25, 0.3) is 0 Å². The van der Waals surface area contributed by atoms with Gasteiger partial charge in [0.2, 0.25) is 0 Å². The number of hydrogen-bond acceptors (Lipinski definition) is 0. The molecule has 0 fully saturated rings. The Hall–Kier alpha value is -0.380. The molecule has 34 heavy (non-hydrogen) atoms. The molecule has 208 valence electrons. The first kappa shape index (κ1) is 35.8. The molecular formula is C25H51F6NP2. The molecule has 0 aromatic heterocycles. The van der Waals surface area contributed by atoms with Crippen LogP contribution in [0, 0.1) is 0 Å². The number of benzene rings is 1. The van der Waals surface area contributed by atoms with E-state index in [0.717, 1.165) is 4.48 Å². The van der Waals surface area contributed by atoms with E-state index < -0.39 is 15.1 Å². The maximum atomic E-state index is 9.87. The van der Waals surface area contributed by atoms with Crippen LogP contribution in [0.3, 0.4) is 0 Å². The Morgan fingerprint density at radius 3 is 1.03 bits per heavy atom. The molecule has 0 spiro atoms. The van der Waals surface area contributed by atoms with Gasteiger partial charge in [-0.2, -0.15) is 0 Å². The Balaban J connectivity index is 0. The third kappa shape index (κ3) is 26.2. The molecule has 0 aliphatic heterocycles. The zero-order valence-corrected chi connectivity index (χ0v) is 24.4. The van der Waals surface area contributed by atoms with E-state index in [4.69, 9.17) is 0 Å². The summed E-state index contributed by atoms with van der Waals surface area (Å²) >= 11 is 0. The molecular weight excluding hydrogens is 490 g/mol. The molecule has 0 radical (unpaired) electrons. The molecule has 0 aliphatic rings. The summed E-state index contributed by atoms with van der Waals surface area (Å²) < 4.78 is 60.1. The van der Waals surface area contributed by atoms with Crippen LogP contribution in [0.2, 0.25) is 0 Å². The van der Waals surface area contributed by atoms with Crippen molar-refractivity contribution in [2.75, 3.05) is 45.8 Å². The van der Waals surface area contributed by atoms with E-state index in [2.05, 4.69) is 73.1 Å². The summed E-state index contributed by atoms with van der Waals surface area (Å²) in [5, 5.41) is 0. The molecule has 0 atom stereocenters. The molecule has 0 amide bonds. The zero-order valence-electron chi connectivity index (χ0n) is 22.5. The van der Waals surface area contributed by atoms with Crippen molar-refractivity contribution in [2.45, 2.75) is 79.1 Å². The second-order valence-electron chi connectivity index (χ2n) is 10.2. The van der Waals surface area contributed by atoms with Crippen LogP contribution in [0.15, 0.2) is 30.3 Å². The van der Waals surface area contributed by atoms with Crippen LogP contribution in [0.4, 0.5) is 30.9 Å². The first-order valence-corrected chi connectivity index (χ1v) is 17.6. The van der Waals surface area contributed by atoms with Crippen molar-refractivity contribution >= 4 is 20.8 Å². The summed E-state index contributed by atoms with van der Waals surface area (Å²) in [7, 11) is -5.05. The molecule has 9 heteroatoms. The molecule has 1 aromatic rings. The normalized spacial score (nSPS) is 14.6. The summed E-state index contributed by atoms with van der Waals surface area (Å²) in [6, 6.07) is 10.5. The average Bonchev–Trinajstić information content (AvgIpc) is 2.71. The number of quaternary nitrogens is 1. The van der Waals surface area contributed by atoms with E-state index in [0.29, 0.717) is 0 Å². The zero-order chi connectivity index (χ0) is 27.0. The standard InChI is InChI=1S/C16H37P.C9H14N.F6P/c1-5-9-13-17(14-10-6-2,15-11-7-3)16-12-8-4;1-10(2,3)9-7-5-4-6-8-9;1-7(2,3,4,5)6/h17H,5-16H2,1-4H3;4-8H,1-3H3;/q;+1;-1. The van der Waals surface area contributed by atoms with Gasteiger partial charge in [0.15, 0.2) is 0 Å². The summed E-state index contributed by atoms with van der Waals surface area (Å²) in [4.78, 5) is 0. The van der Waals surface area contributed by atoms with Crippen LogP contribution in [0.1, 0.15) is 79.1 Å². The van der Waals surface area contributed by atoms with E-state index >= 15 is 0 Å². The Kier molecular flexibility index (Phi) is 15.8. The fourth-order valence-electron chi connectivity index (χ4n) is 3.83. The van der Waals surface area contributed by atoms with Gasteiger partial charge in [0, 0.05) is 0 Å². The van der Waals surface area contributed by atoms with Crippen molar-refractivity contribution in [3.05, 3.63) is 30.3 Å². The summed E-state index contributed by atoms with van der Waals surface area (Å²) in [5.41, 5.74) is 1.34. The van der Waals surface area contributed by atoms with Crippen molar-refractivity contribution in [1.82, 2.24) is 4.48 Å². The first-order chi connectivity index (χ1) is 15.3. The number of para-hydroxylation sites is 1. The van der Waals surface area contributed by atoms with Crippen LogP contribution in [0.5, 0.6) is 0 Å². The quantitative estimate of drug-likeness (QED) is 0.132. The van der Waals surface area contributed by atoms with Crippen LogP contribution in [-0.2, 0) is 0 Å². The molecule has 0 aliphatic carbocycles. The van der Waals surface area contributed by atoms with Gasteiger partial charge >= 0.3 is 144 Å². The van der Waals surface area contributed by atoms with E-state index in [1.807, 2.05) is 6.07 Å². The minimum atomic E-state index is -10.7. The van der Waals surface area contributed by atoms with Crippen LogP contribution < -0.4 is 4.48 Å². The van der Waals surface area contributed by atoms with Crippen molar-refractivity contribution in [2.24, 2.45) is 0 Å². The second-order valence-corrected chi connectivity index (χ2v) is 17.1. The molecule has 0 N–H and O–H groups in total. The number of unbranched alkanes of at least 4 members (excludes halogenated alkanes) is 4. The second kappa shape index (κ2) is 15.0. The molecule has 1 rings (SSSR count). The fraction of sp³-hybridized carbons (Fsp3) is 0.760. The van der Waals surface area contributed by atoms with Gasteiger partial charge in [-0.3, -0.25) is 4.48 Å². The topological polar surface area (TPSA) is 0 Å². The molecule has 1 nitrogen and oxygen atoms in total. The van der Waals surface area contributed by atoms with Crippen LogP contribution in [0.25, 0.3) is 0 Å². The van der Waals surface area contributed by atoms with E-state index in [9.17, 15) is 25.2 Å². The molecule has 0 unspecified atom stereocenters.